The molecule has 2 aromatic rings. The quantitative estimate of drug-likeness (QED) is 0.885. The van der Waals surface area contributed by atoms with Crippen LogP contribution in [-0.2, 0) is 22.7 Å². The fourth-order valence-electron chi connectivity index (χ4n) is 3.74. The summed E-state index contributed by atoms with van der Waals surface area (Å²) in [5.41, 5.74) is 2.96. The minimum atomic E-state index is -3.06. The first kappa shape index (κ1) is 17.2. The SMILES string of the molecule is O=C(N[C@H]1CCS(=O)(=O)C1)c1nn(-c2ccc(F)cc2)c2c1CCCC2. The van der Waals surface area contributed by atoms with Crippen LogP contribution in [0.15, 0.2) is 24.3 Å². The van der Waals surface area contributed by atoms with Gasteiger partial charge < -0.3 is 5.32 Å². The van der Waals surface area contributed by atoms with E-state index < -0.39 is 9.84 Å². The Balaban J connectivity index is 1.66. The smallest absolute Gasteiger partial charge is 0.272 e. The van der Waals surface area contributed by atoms with E-state index in [-0.39, 0.29) is 29.3 Å². The van der Waals surface area contributed by atoms with Crippen LogP contribution in [0.1, 0.15) is 41.0 Å². The van der Waals surface area contributed by atoms with Crippen molar-refractivity contribution in [2.75, 3.05) is 11.5 Å². The van der Waals surface area contributed by atoms with Crippen LogP contribution < -0.4 is 5.32 Å². The van der Waals surface area contributed by atoms with E-state index in [1.54, 1.807) is 16.8 Å². The average Bonchev–Trinajstić information content (AvgIpc) is 3.16. The molecule has 1 aromatic carbocycles. The molecule has 2 heterocycles. The molecule has 1 N–H and O–H groups in total. The van der Waals surface area contributed by atoms with Crippen molar-refractivity contribution in [2.24, 2.45) is 0 Å². The van der Waals surface area contributed by atoms with Gasteiger partial charge in [0.25, 0.3) is 5.91 Å². The van der Waals surface area contributed by atoms with E-state index in [1.807, 2.05) is 0 Å². The Bertz CT molecular complexity index is 951. The van der Waals surface area contributed by atoms with E-state index in [1.165, 1.54) is 12.1 Å². The number of halogens is 1. The molecule has 0 bridgehead atoms. The monoisotopic (exact) mass is 377 g/mol. The van der Waals surface area contributed by atoms with Crippen LogP contribution in [0, 0.1) is 5.82 Å². The molecule has 1 aliphatic carbocycles. The normalized spacial score (nSPS) is 21.3. The van der Waals surface area contributed by atoms with Gasteiger partial charge in [-0.05, 0) is 56.4 Å². The molecule has 138 valence electrons. The van der Waals surface area contributed by atoms with Crippen LogP contribution >= 0.6 is 0 Å². The molecule has 1 saturated heterocycles. The van der Waals surface area contributed by atoms with E-state index in [0.717, 1.165) is 36.9 Å². The number of carbonyl (C=O) groups excluding carboxylic acids is 1. The van der Waals surface area contributed by atoms with E-state index in [9.17, 15) is 17.6 Å². The van der Waals surface area contributed by atoms with Gasteiger partial charge in [-0.3, -0.25) is 4.79 Å². The van der Waals surface area contributed by atoms with Crippen LogP contribution in [-0.4, -0.2) is 41.7 Å². The second-order valence-corrected chi connectivity index (χ2v) is 9.17. The molecule has 0 radical (unpaired) electrons. The Morgan fingerprint density at radius 2 is 1.92 bits per heavy atom. The van der Waals surface area contributed by atoms with E-state index in [4.69, 9.17) is 0 Å². The molecule has 1 aromatic heterocycles. The minimum absolute atomic E-state index is 0.0143. The summed E-state index contributed by atoms with van der Waals surface area (Å²) < 4.78 is 38.2. The molecule has 0 unspecified atom stereocenters. The van der Waals surface area contributed by atoms with Crippen molar-refractivity contribution in [1.82, 2.24) is 15.1 Å². The van der Waals surface area contributed by atoms with E-state index in [0.29, 0.717) is 17.8 Å². The van der Waals surface area contributed by atoms with Crippen molar-refractivity contribution >= 4 is 15.7 Å². The lowest BCUT2D eigenvalue weighted by Gasteiger charge is -2.14. The number of nitrogens with one attached hydrogen (secondary N) is 1. The third-order valence-electron chi connectivity index (χ3n) is 5.03. The van der Waals surface area contributed by atoms with E-state index >= 15 is 0 Å². The van der Waals surface area contributed by atoms with Gasteiger partial charge in [-0.1, -0.05) is 0 Å². The highest BCUT2D eigenvalue weighted by Crippen LogP contribution is 2.27. The Morgan fingerprint density at radius 3 is 2.62 bits per heavy atom. The van der Waals surface area contributed by atoms with Gasteiger partial charge in [0.1, 0.15) is 5.82 Å². The van der Waals surface area contributed by atoms with Crippen LogP contribution in [0.4, 0.5) is 4.39 Å². The molecule has 0 saturated carbocycles. The first-order valence-electron chi connectivity index (χ1n) is 8.81. The van der Waals surface area contributed by atoms with Crippen molar-refractivity contribution in [1.29, 1.82) is 0 Å². The molecule has 6 nitrogen and oxygen atoms in total. The zero-order valence-electron chi connectivity index (χ0n) is 14.2. The van der Waals surface area contributed by atoms with Gasteiger partial charge in [0, 0.05) is 17.3 Å². The molecule has 8 heteroatoms. The molecular weight excluding hydrogens is 357 g/mol. The summed E-state index contributed by atoms with van der Waals surface area (Å²) in [7, 11) is -3.06. The Labute approximate surface area is 151 Å². The topological polar surface area (TPSA) is 81.1 Å². The van der Waals surface area contributed by atoms with Gasteiger partial charge in [-0.15, -0.1) is 0 Å². The largest absolute Gasteiger partial charge is 0.347 e. The molecule has 4 rings (SSSR count). The second-order valence-electron chi connectivity index (χ2n) is 6.94. The summed E-state index contributed by atoms with van der Waals surface area (Å²) in [4.78, 5) is 12.7. The van der Waals surface area contributed by atoms with Crippen molar-refractivity contribution < 1.29 is 17.6 Å². The summed E-state index contributed by atoms with van der Waals surface area (Å²) in [5, 5.41) is 7.32. The maximum Gasteiger partial charge on any atom is 0.272 e. The molecule has 26 heavy (non-hydrogen) atoms. The van der Waals surface area contributed by atoms with E-state index in [2.05, 4.69) is 10.4 Å². The van der Waals surface area contributed by atoms with Crippen molar-refractivity contribution in [3.05, 3.63) is 47.0 Å². The highest BCUT2D eigenvalue weighted by atomic mass is 32.2. The molecule has 1 fully saturated rings. The standard InChI is InChI=1S/C18H20FN3O3S/c19-12-5-7-14(8-6-12)22-16-4-2-1-3-15(16)17(21-22)18(23)20-13-9-10-26(24,25)11-13/h5-8,13H,1-4,9-11H2,(H,20,23)/t13-/m0/s1. The highest BCUT2D eigenvalue weighted by molar-refractivity contribution is 7.91. The number of amides is 1. The summed E-state index contributed by atoms with van der Waals surface area (Å²) in [5.74, 6) is -0.555. The van der Waals surface area contributed by atoms with Crippen LogP contribution in [0.5, 0.6) is 0 Å². The predicted octanol–water partition coefficient (Wildman–Crippen LogP) is 1.81. The number of nitrogens with zero attached hydrogens (tertiary/aromatic N) is 2. The van der Waals surface area contributed by atoms with Gasteiger partial charge in [-0.25, -0.2) is 17.5 Å². The Kier molecular flexibility index (Phi) is 4.30. The van der Waals surface area contributed by atoms with Gasteiger partial charge in [0.15, 0.2) is 15.5 Å². The lowest BCUT2D eigenvalue weighted by atomic mass is 9.95. The third-order valence-corrected chi connectivity index (χ3v) is 6.80. The van der Waals surface area contributed by atoms with Crippen LogP contribution in [0.2, 0.25) is 0 Å². The van der Waals surface area contributed by atoms with Gasteiger partial charge in [-0.2, -0.15) is 5.10 Å². The molecule has 1 aliphatic heterocycles. The zero-order chi connectivity index (χ0) is 18.3. The Morgan fingerprint density at radius 1 is 1.19 bits per heavy atom. The zero-order valence-corrected chi connectivity index (χ0v) is 15.1. The average molecular weight is 377 g/mol. The summed E-state index contributed by atoms with van der Waals surface area (Å²) in [6, 6.07) is 5.66. The molecule has 2 aliphatic rings. The van der Waals surface area contributed by atoms with Gasteiger partial charge in [0.2, 0.25) is 0 Å². The Hall–Kier alpha value is -2.22. The first-order chi connectivity index (χ1) is 12.4. The molecular formula is C18H20FN3O3S. The van der Waals surface area contributed by atoms with Crippen LogP contribution in [0.25, 0.3) is 5.69 Å². The number of benzene rings is 1. The summed E-state index contributed by atoms with van der Waals surface area (Å²) in [6.07, 6.45) is 4.02. The fourth-order valence-corrected chi connectivity index (χ4v) is 5.41. The lowest BCUT2D eigenvalue weighted by Crippen LogP contribution is -2.36. The molecule has 1 atom stereocenters. The van der Waals surface area contributed by atoms with Crippen molar-refractivity contribution in [2.45, 2.75) is 38.1 Å². The van der Waals surface area contributed by atoms with Gasteiger partial charge >= 0.3 is 0 Å². The number of fused-ring (bicyclic) bond motifs is 1. The lowest BCUT2D eigenvalue weighted by molar-refractivity contribution is 0.0934. The predicted molar refractivity (Wildman–Crippen MR) is 94.7 cm³/mol. The maximum absolute atomic E-state index is 13.2. The van der Waals surface area contributed by atoms with Crippen molar-refractivity contribution in [3.8, 4) is 5.69 Å². The highest BCUT2D eigenvalue weighted by Gasteiger charge is 2.31. The number of hydrogen-bond donors (Lipinski definition) is 1. The minimum Gasteiger partial charge on any atom is -0.347 e. The number of hydrogen-bond acceptors (Lipinski definition) is 4. The second kappa shape index (κ2) is 6.50. The van der Waals surface area contributed by atoms with Gasteiger partial charge in [0.05, 0.1) is 17.2 Å². The number of aromatic nitrogens is 2. The first-order valence-corrected chi connectivity index (χ1v) is 10.6. The molecule has 0 spiro atoms. The van der Waals surface area contributed by atoms with Crippen LogP contribution in [0.3, 0.4) is 0 Å². The maximum atomic E-state index is 13.2. The molecule has 1 amide bonds. The number of carbonyl (C=O) groups is 1. The van der Waals surface area contributed by atoms with Crippen molar-refractivity contribution in [3.63, 3.8) is 0 Å². The third kappa shape index (κ3) is 3.25. The number of sulfone groups is 1. The fraction of sp³-hybridized carbons (Fsp3) is 0.444. The number of rotatable bonds is 3. The summed E-state index contributed by atoms with van der Waals surface area (Å²) in [6.45, 7) is 0. The summed E-state index contributed by atoms with van der Waals surface area (Å²) >= 11 is 0.